The minimum absolute atomic E-state index is 0. The van der Waals surface area contributed by atoms with Gasteiger partial charge >= 0.3 is 5.97 Å². The van der Waals surface area contributed by atoms with Crippen LogP contribution < -0.4 is 10.2 Å². The molecule has 0 spiro atoms. The van der Waals surface area contributed by atoms with Crippen LogP contribution in [-0.2, 0) is 9.53 Å². The van der Waals surface area contributed by atoms with Crippen LogP contribution in [0.5, 0.6) is 0 Å². The maximum absolute atomic E-state index is 11.4. The number of benzene rings is 1. The first-order valence-electron chi connectivity index (χ1n) is 9.23. The number of guanidine groups is 1. The lowest BCUT2D eigenvalue weighted by Crippen LogP contribution is -2.52. The second kappa shape index (κ2) is 12.8. The summed E-state index contributed by atoms with van der Waals surface area (Å²) in [4.78, 5) is 20.8. The number of piperazine rings is 1. The van der Waals surface area contributed by atoms with Crippen molar-refractivity contribution in [2.45, 2.75) is 26.7 Å². The van der Waals surface area contributed by atoms with Gasteiger partial charge in [0.25, 0.3) is 0 Å². The minimum Gasteiger partial charge on any atom is -0.466 e. The lowest BCUT2D eigenvalue weighted by molar-refractivity contribution is -0.143. The Kier molecular flexibility index (Phi) is 11.1. The molecule has 1 aromatic carbocycles. The highest BCUT2D eigenvalue weighted by atomic mass is 127. The molecule has 1 aromatic rings. The molecule has 0 amide bonds. The summed E-state index contributed by atoms with van der Waals surface area (Å²) in [6.07, 6.45) is 1.15. The van der Waals surface area contributed by atoms with Crippen LogP contribution in [0.25, 0.3) is 0 Å². The van der Waals surface area contributed by atoms with E-state index >= 15 is 0 Å². The predicted octanol–water partition coefficient (Wildman–Crippen LogP) is 2.74. The molecule has 1 saturated heterocycles. The number of nitrogens with one attached hydrogen (secondary N) is 1. The first kappa shape index (κ1) is 22.5. The van der Waals surface area contributed by atoms with E-state index in [4.69, 9.17) is 4.74 Å². The van der Waals surface area contributed by atoms with Crippen LogP contribution in [-0.4, -0.2) is 62.7 Å². The van der Waals surface area contributed by atoms with E-state index in [1.165, 1.54) is 5.69 Å². The van der Waals surface area contributed by atoms with Crippen LogP contribution >= 0.6 is 24.0 Å². The van der Waals surface area contributed by atoms with E-state index in [0.717, 1.165) is 45.1 Å². The van der Waals surface area contributed by atoms with Crippen molar-refractivity contribution >= 4 is 41.6 Å². The normalized spacial score (nSPS) is 14.6. The number of carbonyl (C=O) groups excluding carboxylic acids is 1. The number of esters is 1. The minimum atomic E-state index is -0.140. The Morgan fingerprint density at radius 3 is 2.46 bits per heavy atom. The van der Waals surface area contributed by atoms with Crippen LogP contribution in [0, 0.1) is 0 Å². The molecular formula is C19H31IN4O2. The zero-order valence-corrected chi connectivity index (χ0v) is 18.1. The zero-order valence-electron chi connectivity index (χ0n) is 15.8. The summed E-state index contributed by atoms with van der Waals surface area (Å²) in [7, 11) is 0. The summed E-state index contributed by atoms with van der Waals surface area (Å²) in [5, 5.41) is 3.36. The maximum atomic E-state index is 11.4. The molecule has 0 saturated carbocycles. The molecule has 6 nitrogen and oxygen atoms in total. The van der Waals surface area contributed by atoms with Gasteiger partial charge in [-0.1, -0.05) is 18.2 Å². The third-order valence-electron chi connectivity index (χ3n) is 4.14. The molecule has 1 aliphatic heterocycles. The molecule has 146 valence electrons. The van der Waals surface area contributed by atoms with Crippen molar-refractivity contribution in [3.05, 3.63) is 30.3 Å². The van der Waals surface area contributed by atoms with Gasteiger partial charge in [-0.25, -0.2) is 0 Å². The summed E-state index contributed by atoms with van der Waals surface area (Å²) in [6, 6.07) is 10.5. The second-order valence-electron chi connectivity index (χ2n) is 5.95. The number of aliphatic imine (C=N–C) groups is 1. The number of ether oxygens (including phenoxy) is 1. The molecule has 0 atom stereocenters. The fourth-order valence-electron chi connectivity index (χ4n) is 2.88. The number of nitrogens with zero attached hydrogens (tertiary/aromatic N) is 3. The van der Waals surface area contributed by atoms with Gasteiger partial charge in [-0.05, 0) is 32.4 Å². The Labute approximate surface area is 174 Å². The summed E-state index contributed by atoms with van der Waals surface area (Å²) in [6.45, 7) is 9.68. The third-order valence-corrected chi connectivity index (χ3v) is 4.14. The molecule has 1 aliphatic rings. The molecule has 0 aliphatic carbocycles. The van der Waals surface area contributed by atoms with Crippen LogP contribution in [0.3, 0.4) is 0 Å². The van der Waals surface area contributed by atoms with Crippen molar-refractivity contribution in [2.75, 3.05) is 50.8 Å². The number of halogens is 1. The van der Waals surface area contributed by atoms with Gasteiger partial charge in [0.15, 0.2) is 5.96 Å². The molecule has 7 heteroatoms. The zero-order chi connectivity index (χ0) is 17.9. The van der Waals surface area contributed by atoms with Gasteiger partial charge in [-0.2, -0.15) is 0 Å². The average molecular weight is 474 g/mol. The highest BCUT2D eigenvalue weighted by Crippen LogP contribution is 2.15. The average Bonchev–Trinajstić information content (AvgIpc) is 2.65. The molecular weight excluding hydrogens is 443 g/mol. The lowest BCUT2D eigenvalue weighted by atomic mass is 10.2. The van der Waals surface area contributed by atoms with Gasteiger partial charge < -0.3 is 19.9 Å². The standard InChI is InChI=1S/C19H30N4O2.HI/c1-3-20-19(21-12-8-11-18(24)25-4-2)23-15-13-22(14-16-23)17-9-6-5-7-10-17;/h5-7,9-10H,3-4,8,11-16H2,1-2H3,(H,20,21);1H. The van der Waals surface area contributed by atoms with Crippen molar-refractivity contribution in [1.29, 1.82) is 0 Å². The molecule has 2 rings (SSSR count). The van der Waals surface area contributed by atoms with Crippen molar-refractivity contribution in [2.24, 2.45) is 4.99 Å². The van der Waals surface area contributed by atoms with E-state index in [9.17, 15) is 4.79 Å². The Morgan fingerprint density at radius 1 is 1.15 bits per heavy atom. The highest BCUT2D eigenvalue weighted by molar-refractivity contribution is 14.0. The van der Waals surface area contributed by atoms with Gasteiger partial charge in [-0.15, -0.1) is 24.0 Å². The number of para-hydroxylation sites is 1. The van der Waals surface area contributed by atoms with Crippen molar-refractivity contribution < 1.29 is 9.53 Å². The number of carbonyl (C=O) groups is 1. The van der Waals surface area contributed by atoms with Crippen LogP contribution in [0.2, 0.25) is 0 Å². The quantitative estimate of drug-likeness (QED) is 0.217. The fraction of sp³-hybridized carbons (Fsp3) is 0.579. The van der Waals surface area contributed by atoms with E-state index < -0.39 is 0 Å². The molecule has 0 aromatic heterocycles. The Balaban J connectivity index is 0.00000338. The predicted molar refractivity (Wildman–Crippen MR) is 117 cm³/mol. The second-order valence-corrected chi connectivity index (χ2v) is 5.95. The van der Waals surface area contributed by atoms with Gasteiger partial charge in [0.1, 0.15) is 0 Å². The maximum Gasteiger partial charge on any atom is 0.305 e. The van der Waals surface area contributed by atoms with Crippen molar-refractivity contribution in [1.82, 2.24) is 10.2 Å². The topological polar surface area (TPSA) is 57.2 Å². The molecule has 1 heterocycles. The third kappa shape index (κ3) is 7.39. The first-order valence-corrected chi connectivity index (χ1v) is 9.23. The molecule has 0 bridgehead atoms. The van der Waals surface area contributed by atoms with E-state index in [1.54, 1.807) is 0 Å². The number of rotatable bonds is 7. The SMILES string of the molecule is CCNC(=NCCCC(=O)OCC)N1CCN(c2ccccc2)CC1.I. The van der Waals surface area contributed by atoms with Gasteiger partial charge in [0.2, 0.25) is 0 Å². The van der Waals surface area contributed by atoms with E-state index in [-0.39, 0.29) is 29.9 Å². The van der Waals surface area contributed by atoms with E-state index in [0.29, 0.717) is 19.6 Å². The Morgan fingerprint density at radius 2 is 1.85 bits per heavy atom. The largest absolute Gasteiger partial charge is 0.466 e. The summed E-state index contributed by atoms with van der Waals surface area (Å²) >= 11 is 0. The summed E-state index contributed by atoms with van der Waals surface area (Å²) in [5.41, 5.74) is 1.28. The molecule has 26 heavy (non-hydrogen) atoms. The van der Waals surface area contributed by atoms with Crippen LogP contribution in [0.4, 0.5) is 5.69 Å². The molecule has 0 radical (unpaired) electrons. The van der Waals surface area contributed by atoms with Crippen molar-refractivity contribution in [3.8, 4) is 0 Å². The number of anilines is 1. The Hall–Kier alpha value is -1.51. The Bertz CT molecular complexity index is 546. The number of hydrogen-bond acceptors (Lipinski definition) is 4. The summed E-state index contributed by atoms with van der Waals surface area (Å²) < 4.78 is 4.95. The van der Waals surface area contributed by atoms with Gasteiger partial charge in [0, 0.05) is 51.4 Å². The van der Waals surface area contributed by atoms with Gasteiger partial charge in [0.05, 0.1) is 6.61 Å². The van der Waals surface area contributed by atoms with Crippen molar-refractivity contribution in [3.63, 3.8) is 0 Å². The van der Waals surface area contributed by atoms with Crippen LogP contribution in [0.1, 0.15) is 26.7 Å². The molecule has 1 N–H and O–H groups in total. The lowest BCUT2D eigenvalue weighted by Gasteiger charge is -2.37. The van der Waals surface area contributed by atoms with E-state index in [1.807, 2.05) is 13.0 Å². The van der Waals surface area contributed by atoms with E-state index in [2.05, 4.69) is 51.3 Å². The highest BCUT2D eigenvalue weighted by Gasteiger charge is 2.19. The van der Waals surface area contributed by atoms with Gasteiger partial charge in [-0.3, -0.25) is 9.79 Å². The molecule has 0 unspecified atom stereocenters. The van der Waals surface area contributed by atoms with Crippen LogP contribution in [0.15, 0.2) is 35.3 Å². The first-order chi connectivity index (χ1) is 12.2. The number of hydrogen-bond donors (Lipinski definition) is 1. The fourth-order valence-corrected chi connectivity index (χ4v) is 2.88. The monoisotopic (exact) mass is 474 g/mol. The smallest absolute Gasteiger partial charge is 0.305 e. The summed E-state index contributed by atoms with van der Waals surface area (Å²) in [5.74, 6) is 0.804. The molecule has 1 fully saturated rings.